The molecule has 4 nitrogen and oxygen atoms in total. The van der Waals surface area contributed by atoms with Crippen molar-refractivity contribution in [3.63, 3.8) is 0 Å². The van der Waals surface area contributed by atoms with Gasteiger partial charge in [-0.15, -0.1) is 6.58 Å². The van der Waals surface area contributed by atoms with Gasteiger partial charge in [0.2, 0.25) is 5.76 Å². The van der Waals surface area contributed by atoms with Crippen molar-refractivity contribution in [1.29, 1.82) is 0 Å². The van der Waals surface area contributed by atoms with Crippen LogP contribution < -0.4 is 5.32 Å². The first-order valence-electron chi connectivity index (χ1n) is 4.48. The molecule has 0 aliphatic heterocycles. The van der Waals surface area contributed by atoms with E-state index < -0.39 is 0 Å². The third kappa shape index (κ3) is 2.45. The molecule has 1 aromatic rings. The molecule has 1 rings (SSSR count). The van der Waals surface area contributed by atoms with Gasteiger partial charge in [-0.05, 0) is 13.3 Å². The molecule has 0 radical (unpaired) electrons. The fourth-order valence-corrected chi connectivity index (χ4v) is 1.11. The number of carbonyl (C=O) groups is 1. The molecule has 76 valence electrons. The first-order valence-corrected chi connectivity index (χ1v) is 4.48. The number of hydrogen-bond acceptors (Lipinski definition) is 3. The van der Waals surface area contributed by atoms with E-state index in [9.17, 15) is 4.79 Å². The maximum Gasteiger partial charge on any atom is 0.289 e. The number of aromatic nitrogens is 1. The van der Waals surface area contributed by atoms with Crippen molar-refractivity contribution in [2.24, 2.45) is 0 Å². The van der Waals surface area contributed by atoms with E-state index in [0.29, 0.717) is 23.9 Å². The zero-order chi connectivity index (χ0) is 10.6. The Kier molecular flexibility index (Phi) is 3.45. The number of aryl methyl sites for hydroxylation is 2. The summed E-state index contributed by atoms with van der Waals surface area (Å²) in [7, 11) is 0. The monoisotopic (exact) mass is 194 g/mol. The minimum absolute atomic E-state index is 0.218. The number of carbonyl (C=O) groups excluding carboxylic acids is 1. The predicted octanol–water partition coefficient (Wildman–Crippen LogP) is 1.60. The van der Waals surface area contributed by atoms with Gasteiger partial charge in [-0.3, -0.25) is 4.79 Å². The molecule has 0 aliphatic rings. The molecule has 1 aromatic heterocycles. The summed E-state index contributed by atoms with van der Waals surface area (Å²) in [6.45, 7) is 7.60. The van der Waals surface area contributed by atoms with Gasteiger partial charge in [0, 0.05) is 13.5 Å². The van der Waals surface area contributed by atoms with Crippen molar-refractivity contribution in [3.05, 3.63) is 30.0 Å². The van der Waals surface area contributed by atoms with Gasteiger partial charge in [-0.2, -0.15) is 0 Å². The van der Waals surface area contributed by atoms with E-state index >= 15 is 0 Å². The Morgan fingerprint density at radius 3 is 2.86 bits per heavy atom. The maximum absolute atomic E-state index is 11.5. The highest BCUT2D eigenvalue weighted by molar-refractivity contribution is 5.92. The van der Waals surface area contributed by atoms with Crippen LogP contribution in [0.5, 0.6) is 0 Å². The zero-order valence-electron chi connectivity index (χ0n) is 8.46. The lowest BCUT2D eigenvalue weighted by Crippen LogP contribution is -2.24. The van der Waals surface area contributed by atoms with Crippen LogP contribution in [0.25, 0.3) is 0 Å². The molecule has 0 unspecified atom stereocenters. The topological polar surface area (TPSA) is 55.1 Å². The Balaban J connectivity index is 2.60. The largest absolute Gasteiger partial charge is 0.436 e. The van der Waals surface area contributed by atoms with E-state index in [0.717, 1.165) is 6.42 Å². The van der Waals surface area contributed by atoms with Crippen LogP contribution in [0.15, 0.2) is 17.1 Å². The van der Waals surface area contributed by atoms with Crippen LogP contribution in [-0.4, -0.2) is 17.4 Å². The van der Waals surface area contributed by atoms with Crippen molar-refractivity contribution >= 4 is 5.91 Å². The van der Waals surface area contributed by atoms with Gasteiger partial charge in [-0.1, -0.05) is 6.08 Å². The van der Waals surface area contributed by atoms with Gasteiger partial charge >= 0.3 is 0 Å². The summed E-state index contributed by atoms with van der Waals surface area (Å²) in [5.74, 6) is 0.591. The van der Waals surface area contributed by atoms with Crippen molar-refractivity contribution < 1.29 is 9.21 Å². The molecule has 0 spiro atoms. The van der Waals surface area contributed by atoms with Crippen LogP contribution in [0.4, 0.5) is 0 Å². The number of nitrogens with one attached hydrogen (secondary N) is 1. The third-order valence-corrected chi connectivity index (χ3v) is 1.74. The van der Waals surface area contributed by atoms with Gasteiger partial charge in [0.25, 0.3) is 5.91 Å². The number of hydrogen-bond donors (Lipinski definition) is 1. The smallest absolute Gasteiger partial charge is 0.289 e. The Hall–Kier alpha value is -1.58. The predicted molar refractivity (Wildman–Crippen MR) is 53.1 cm³/mol. The molecule has 1 heterocycles. The Labute approximate surface area is 83.0 Å². The first-order chi connectivity index (χ1) is 6.65. The van der Waals surface area contributed by atoms with Gasteiger partial charge in [-0.25, -0.2) is 4.98 Å². The molecule has 1 amide bonds. The summed E-state index contributed by atoms with van der Waals surface area (Å²) in [5.41, 5.74) is 0.624. The number of oxazole rings is 1. The van der Waals surface area contributed by atoms with E-state index in [2.05, 4.69) is 16.9 Å². The molecule has 0 atom stereocenters. The Morgan fingerprint density at radius 2 is 2.36 bits per heavy atom. The lowest BCUT2D eigenvalue weighted by atomic mass is 10.3. The van der Waals surface area contributed by atoms with Gasteiger partial charge < -0.3 is 9.73 Å². The van der Waals surface area contributed by atoms with Crippen molar-refractivity contribution in [2.45, 2.75) is 20.3 Å². The summed E-state index contributed by atoms with van der Waals surface area (Å²) in [5, 5.41) is 2.71. The van der Waals surface area contributed by atoms with Gasteiger partial charge in [0.05, 0.1) is 5.69 Å². The Bertz CT molecular complexity index is 342. The first kappa shape index (κ1) is 10.5. The fourth-order valence-electron chi connectivity index (χ4n) is 1.11. The lowest BCUT2D eigenvalue weighted by molar-refractivity contribution is 0.0924. The van der Waals surface area contributed by atoms with Crippen LogP contribution in [-0.2, 0) is 0 Å². The second-order valence-electron chi connectivity index (χ2n) is 2.98. The minimum Gasteiger partial charge on any atom is -0.436 e. The molecular weight excluding hydrogens is 180 g/mol. The number of amides is 1. The van der Waals surface area contributed by atoms with Crippen LogP contribution in [0, 0.1) is 13.8 Å². The molecule has 14 heavy (non-hydrogen) atoms. The minimum atomic E-state index is -0.218. The van der Waals surface area contributed by atoms with Crippen LogP contribution in [0.1, 0.15) is 28.6 Å². The zero-order valence-corrected chi connectivity index (χ0v) is 8.46. The molecule has 0 saturated carbocycles. The van der Waals surface area contributed by atoms with Crippen LogP contribution >= 0.6 is 0 Å². The molecule has 0 aromatic carbocycles. The lowest BCUT2D eigenvalue weighted by Gasteiger charge is -1.99. The molecule has 4 heteroatoms. The van der Waals surface area contributed by atoms with Crippen LogP contribution in [0.3, 0.4) is 0 Å². The summed E-state index contributed by atoms with van der Waals surface area (Å²) >= 11 is 0. The highest BCUT2D eigenvalue weighted by Crippen LogP contribution is 2.08. The molecule has 0 aliphatic carbocycles. The number of rotatable bonds is 4. The highest BCUT2D eigenvalue weighted by Gasteiger charge is 2.14. The van der Waals surface area contributed by atoms with Crippen molar-refractivity contribution in [2.75, 3.05) is 6.54 Å². The highest BCUT2D eigenvalue weighted by atomic mass is 16.4. The average molecular weight is 194 g/mol. The SMILES string of the molecule is C=CCCNC(=O)c1oc(C)nc1C. The normalized spacial score (nSPS) is 9.86. The average Bonchev–Trinajstić information content (AvgIpc) is 2.45. The molecule has 0 fully saturated rings. The van der Waals surface area contributed by atoms with Gasteiger partial charge in [0.15, 0.2) is 5.89 Å². The molecule has 0 bridgehead atoms. The summed E-state index contributed by atoms with van der Waals surface area (Å²) in [4.78, 5) is 15.5. The van der Waals surface area contributed by atoms with Crippen molar-refractivity contribution in [1.82, 2.24) is 10.3 Å². The quantitative estimate of drug-likeness (QED) is 0.585. The second kappa shape index (κ2) is 4.60. The number of nitrogens with zero attached hydrogens (tertiary/aromatic N) is 1. The van der Waals surface area contributed by atoms with Gasteiger partial charge in [0.1, 0.15) is 0 Å². The standard InChI is InChI=1S/C10H14N2O2/c1-4-5-6-11-10(13)9-7(2)12-8(3)14-9/h4H,1,5-6H2,2-3H3,(H,11,13). The second-order valence-corrected chi connectivity index (χ2v) is 2.98. The summed E-state index contributed by atoms with van der Waals surface area (Å²) in [6, 6.07) is 0. The van der Waals surface area contributed by atoms with E-state index in [1.54, 1.807) is 19.9 Å². The Morgan fingerprint density at radius 1 is 1.64 bits per heavy atom. The van der Waals surface area contributed by atoms with E-state index in [1.807, 2.05) is 0 Å². The summed E-state index contributed by atoms with van der Waals surface area (Å²) < 4.78 is 5.16. The van der Waals surface area contributed by atoms with E-state index in [1.165, 1.54) is 0 Å². The maximum atomic E-state index is 11.5. The molecule has 1 N–H and O–H groups in total. The van der Waals surface area contributed by atoms with Crippen molar-refractivity contribution in [3.8, 4) is 0 Å². The summed E-state index contributed by atoms with van der Waals surface area (Å²) in [6.07, 6.45) is 2.50. The van der Waals surface area contributed by atoms with E-state index in [4.69, 9.17) is 4.42 Å². The van der Waals surface area contributed by atoms with E-state index in [-0.39, 0.29) is 5.91 Å². The third-order valence-electron chi connectivity index (χ3n) is 1.74. The molecular formula is C10H14N2O2. The molecule has 0 saturated heterocycles. The fraction of sp³-hybridized carbons (Fsp3) is 0.400. The van der Waals surface area contributed by atoms with Crippen LogP contribution in [0.2, 0.25) is 0 Å².